The maximum atomic E-state index is 6.82. The Morgan fingerprint density at radius 3 is 2.07 bits per heavy atom. The van der Waals surface area contributed by atoms with Gasteiger partial charge in [-0.15, -0.1) is 0 Å². The average Bonchev–Trinajstić information content (AvgIpc) is 2.76. The third-order valence-corrected chi connectivity index (χ3v) is 6.75. The maximum Gasteiger partial charge on any atom is 0.363 e. The summed E-state index contributed by atoms with van der Waals surface area (Å²) in [7, 11) is 0. The molecule has 1 aromatic carbocycles. The fourth-order valence-corrected chi connectivity index (χ4v) is 5.14. The van der Waals surface area contributed by atoms with Crippen LogP contribution >= 0.6 is 0 Å². The van der Waals surface area contributed by atoms with E-state index >= 15 is 0 Å². The average molecular weight is 382 g/mol. The van der Waals surface area contributed by atoms with E-state index in [2.05, 4.69) is 50.3 Å². The van der Waals surface area contributed by atoms with Gasteiger partial charge in [0.15, 0.2) is 0 Å². The van der Waals surface area contributed by atoms with Crippen LogP contribution in [0.5, 0.6) is 0 Å². The Morgan fingerprint density at radius 1 is 0.964 bits per heavy atom. The van der Waals surface area contributed by atoms with Crippen LogP contribution in [0.2, 0.25) is 11.6 Å². The summed E-state index contributed by atoms with van der Waals surface area (Å²) in [5.41, 5.74) is 1.24. The summed E-state index contributed by atoms with van der Waals surface area (Å²) in [6.45, 7) is 6.19. The molecule has 0 radical (unpaired) electrons. The van der Waals surface area contributed by atoms with Crippen LogP contribution in [0.25, 0.3) is 0 Å². The van der Waals surface area contributed by atoms with Gasteiger partial charge in [-0.1, -0.05) is 108 Å². The summed E-state index contributed by atoms with van der Waals surface area (Å²) in [4.78, 5) is 0. The minimum atomic E-state index is 0.309. The van der Waals surface area contributed by atoms with E-state index in [9.17, 15) is 0 Å². The highest BCUT2D eigenvalue weighted by atomic mass is 16.5. The lowest BCUT2D eigenvalue weighted by molar-refractivity contribution is 0.0901. The number of hydrogen-bond donors (Lipinski definition) is 0. The first-order valence-electron chi connectivity index (χ1n) is 11.7. The molecule has 2 aliphatic rings. The van der Waals surface area contributed by atoms with E-state index in [0.29, 0.717) is 19.4 Å². The van der Waals surface area contributed by atoms with Crippen LogP contribution in [0.15, 0.2) is 42.2 Å². The molecule has 0 N–H and O–H groups in total. The quantitative estimate of drug-likeness (QED) is 0.327. The monoisotopic (exact) mass is 382 g/mol. The summed E-state index contributed by atoms with van der Waals surface area (Å²) in [6, 6.07) is 10.4. The summed E-state index contributed by atoms with van der Waals surface area (Å²) < 4.78 is 12.8. The van der Waals surface area contributed by atoms with Crippen LogP contribution in [-0.4, -0.2) is 13.5 Å². The summed E-state index contributed by atoms with van der Waals surface area (Å²) >= 11 is 0. The first kappa shape index (κ1) is 21.5. The maximum absolute atomic E-state index is 6.82. The molecule has 0 spiro atoms. The Morgan fingerprint density at radius 2 is 1.54 bits per heavy atom. The molecule has 0 unspecified atom stereocenters. The van der Waals surface area contributed by atoms with Crippen LogP contribution in [0, 0.1) is 5.92 Å². The van der Waals surface area contributed by atoms with Crippen molar-refractivity contribution in [1.29, 1.82) is 0 Å². The lowest BCUT2D eigenvalue weighted by Crippen LogP contribution is -2.34. The summed E-state index contributed by atoms with van der Waals surface area (Å²) in [6.07, 6.45) is 16.0. The molecular formula is C25H39BO2. The van der Waals surface area contributed by atoms with Gasteiger partial charge < -0.3 is 9.39 Å². The van der Waals surface area contributed by atoms with Crippen molar-refractivity contribution in [1.82, 2.24) is 0 Å². The van der Waals surface area contributed by atoms with E-state index in [1.165, 1.54) is 69.8 Å². The van der Waals surface area contributed by atoms with Crippen molar-refractivity contribution in [2.45, 2.75) is 96.3 Å². The van der Waals surface area contributed by atoms with Gasteiger partial charge in [0.25, 0.3) is 0 Å². The van der Waals surface area contributed by atoms with Gasteiger partial charge in [-0.25, -0.2) is 0 Å². The Balaban J connectivity index is 1.56. The topological polar surface area (TPSA) is 18.5 Å². The van der Waals surface area contributed by atoms with E-state index < -0.39 is 0 Å². The van der Waals surface area contributed by atoms with Crippen LogP contribution in [0.4, 0.5) is 0 Å². The zero-order valence-electron chi connectivity index (χ0n) is 18.1. The molecule has 0 saturated heterocycles. The fraction of sp³-hybridized carbons (Fsp3) is 0.680. The van der Waals surface area contributed by atoms with Crippen LogP contribution in [0.1, 0.15) is 83.6 Å². The number of hydrogen-bond acceptors (Lipinski definition) is 2. The van der Waals surface area contributed by atoms with Gasteiger partial charge in [-0.3, -0.25) is 0 Å². The van der Waals surface area contributed by atoms with E-state index in [1.54, 1.807) is 0 Å². The Bertz CT molecular complexity index is 555. The standard InChI is InChI=1S/C25H39BO2/c1-3-25(21(2)19-27-20-22-13-7-4-8-14-22)28-26(23-15-9-5-10-16-23)24-17-11-6-12-18-24/h3-4,7-8,13-14,21,23-24H,5-6,9-12,15-20H2,1-2H3/b25-3+/t21-/m0/s1. The van der Waals surface area contributed by atoms with Crippen molar-refractivity contribution in [3.05, 3.63) is 47.7 Å². The first-order valence-corrected chi connectivity index (χ1v) is 11.7. The normalized spacial score (nSPS) is 20.7. The van der Waals surface area contributed by atoms with Crippen molar-refractivity contribution >= 4 is 6.92 Å². The smallest absolute Gasteiger partial charge is 0.363 e. The number of benzene rings is 1. The zero-order chi connectivity index (χ0) is 19.6. The van der Waals surface area contributed by atoms with Gasteiger partial charge in [0.2, 0.25) is 0 Å². The molecule has 28 heavy (non-hydrogen) atoms. The number of rotatable bonds is 9. The van der Waals surface area contributed by atoms with E-state index in [1.807, 2.05) is 0 Å². The highest BCUT2D eigenvalue weighted by Gasteiger charge is 2.39. The van der Waals surface area contributed by atoms with Crippen molar-refractivity contribution in [2.24, 2.45) is 5.92 Å². The Kier molecular flexibility index (Phi) is 8.99. The van der Waals surface area contributed by atoms with Crippen molar-refractivity contribution in [2.75, 3.05) is 6.61 Å². The molecule has 154 valence electrons. The molecule has 2 nitrogen and oxygen atoms in total. The minimum Gasteiger partial charge on any atom is -0.563 e. The lowest BCUT2D eigenvalue weighted by Gasteiger charge is -2.36. The van der Waals surface area contributed by atoms with E-state index in [0.717, 1.165) is 24.0 Å². The number of ether oxygens (including phenoxy) is 1. The molecule has 0 aliphatic heterocycles. The molecular weight excluding hydrogens is 343 g/mol. The molecule has 0 aromatic heterocycles. The SMILES string of the molecule is C/C=C(/OB(C1CCCCC1)C1CCCCC1)[C@@H](C)COCc1ccccc1. The molecule has 2 aliphatic carbocycles. The van der Waals surface area contributed by atoms with Crippen LogP contribution in [0.3, 0.4) is 0 Å². The molecule has 3 heteroatoms. The molecule has 1 aromatic rings. The van der Waals surface area contributed by atoms with Gasteiger partial charge in [0.1, 0.15) is 0 Å². The van der Waals surface area contributed by atoms with Crippen LogP contribution < -0.4 is 0 Å². The molecule has 2 saturated carbocycles. The highest BCUT2D eigenvalue weighted by Crippen LogP contribution is 2.43. The third-order valence-electron chi connectivity index (χ3n) is 6.75. The predicted molar refractivity (Wildman–Crippen MR) is 120 cm³/mol. The van der Waals surface area contributed by atoms with E-state index in [4.69, 9.17) is 9.39 Å². The molecule has 3 rings (SSSR count). The predicted octanol–water partition coefficient (Wildman–Crippen LogP) is 7.42. The molecule has 0 bridgehead atoms. The van der Waals surface area contributed by atoms with Crippen molar-refractivity contribution in [3.8, 4) is 0 Å². The van der Waals surface area contributed by atoms with Crippen LogP contribution in [-0.2, 0) is 16.0 Å². The van der Waals surface area contributed by atoms with Gasteiger partial charge in [-0.2, -0.15) is 0 Å². The van der Waals surface area contributed by atoms with Gasteiger partial charge in [0.05, 0.1) is 19.0 Å². The Labute approximate surface area is 173 Å². The Hall–Kier alpha value is -1.22. The zero-order valence-corrected chi connectivity index (χ0v) is 18.1. The van der Waals surface area contributed by atoms with Gasteiger partial charge >= 0.3 is 6.92 Å². The van der Waals surface area contributed by atoms with E-state index in [-0.39, 0.29) is 0 Å². The molecule has 0 amide bonds. The van der Waals surface area contributed by atoms with Crippen molar-refractivity contribution < 1.29 is 9.39 Å². The van der Waals surface area contributed by atoms with Gasteiger partial charge in [-0.05, 0) is 24.1 Å². The second-order valence-electron chi connectivity index (χ2n) is 8.97. The first-order chi connectivity index (χ1) is 13.8. The summed E-state index contributed by atoms with van der Waals surface area (Å²) in [5.74, 6) is 2.96. The second kappa shape index (κ2) is 11.7. The molecule has 0 heterocycles. The van der Waals surface area contributed by atoms with Gasteiger partial charge in [0, 0.05) is 5.92 Å². The minimum absolute atomic E-state index is 0.309. The third kappa shape index (κ3) is 6.41. The number of allylic oxidation sites excluding steroid dienone is 1. The van der Waals surface area contributed by atoms with Crippen molar-refractivity contribution in [3.63, 3.8) is 0 Å². The molecule has 1 atom stereocenters. The lowest BCUT2D eigenvalue weighted by atomic mass is 9.41. The molecule has 2 fully saturated rings. The second-order valence-corrected chi connectivity index (χ2v) is 8.97. The fourth-order valence-electron chi connectivity index (χ4n) is 5.14. The largest absolute Gasteiger partial charge is 0.563 e. The highest BCUT2D eigenvalue weighted by molar-refractivity contribution is 6.55. The summed E-state index contributed by atoms with van der Waals surface area (Å²) in [5, 5.41) is 0.